The van der Waals surface area contributed by atoms with Gasteiger partial charge in [-0.25, -0.2) is 0 Å². The number of likely N-dealkylation sites (N-methyl/N-ethyl adjacent to an activating group) is 1. The van der Waals surface area contributed by atoms with Crippen LogP contribution in [-0.2, 0) is 14.3 Å². The summed E-state index contributed by atoms with van der Waals surface area (Å²) in [6.45, 7) is 0.524. The number of benzene rings is 1. The maximum absolute atomic E-state index is 12.0. The van der Waals surface area contributed by atoms with Gasteiger partial charge in [-0.05, 0) is 44.6 Å². The van der Waals surface area contributed by atoms with Crippen LogP contribution >= 0.6 is 0 Å². The molecule has 0 saturated carbocycles. The van der Waals surface area contributed by atoms with Crippen molar-refractivity contribution >= 4 is 11.9 Å². The van der Waals surface area contributed by atoms with E-state index in [1.807, 2.05) is 38.4 Å². The maximum Gasteiger partial charge on any atom is 0.305 e. The molecule has 0 aromatic heterocycles. The lowest BCUT2D eigenvalue weighted by Gasteiger charge is -2.25. The first-order chi connectivity index (χ1) is 11.5. The molecule has 0 aliphatic carbocycles. The molecule has 0 saturated heterocycles. The Morgan fingerprint density at radius 3 is 2.50 bits per heavy atom. The van der Waals surface area contributed by atoms with E-state index in [9.17, 15) is 9.59 Å². The summed E-state index contributed by atoms with van der Waals surface area (Å²) in [5.74, 6) is 0.559. The van der Waals surface area contributed by atoms with Crippen LogP contribution in [0.5, 0.6) is 5.75 Å². The molecule has 1 rings (SSSR count). The normalized spacial score (nSPS) is 11.9. The monoisotopic (exact) mass is 336 g/mol. The molecular formula is C18H28N2O4. The van der Waals surface area contributed by atoms with Gasteiger partial charge in [0.25, 0.3) is 0 Å². The second-order valence-electron chi connectivity index (χ2n) is 5.84. The predicted molar refractivity (Wildman–Crippen MR) is 92.9 cm³/mol. The van der Waals surface area contributed by atoms with Gasteiger partial charge in [-0.1, -0.05) is 12.1 Å². The molecule has 134 valence electrons. The standard InChI is InChI=1S/C18H28N2O4/c1-20(2)16(14-8-7-9-15(12-14)23-3)13-19-17(21)10-5-6-11-18(22)24-4/h7-9,12,16H,5-6,10-11,13H2,1-4H3,(H,19,21)/t16-/m1/s1. The van der Waals surface area contributed by atoms with Crippen LogP contribution < -0.4 is 10.1 Å². The van der Waals surface area contributed by atoms with Crippen LogP contribution in [0.4, 0.5) is 0 Å². The lowest BCUT2D eigenvalue weighted by molar-refractivity contribution is -0.140. The quantitative estimate of drug-likeness (QED) is 0.524. The van der Waals surface area contributed by atoms with Crippen LogP contribution in [0.3, 0.4) is 0 Å². The Morgan fingerprint density at radius 2 is 1.88 bits per heavy atom. The van der Waals surface area contributed by atoms with Crippen molar-refractivity contribution < 1.29 is 19.1 Å². The van der Waals surface area contributed by atoms with Crippen molar-refractivity contribution in [3.63, 3.8) is 0 Å². The van der Waals surface area contributed by atoms with Gasteiger partial charge in [0.15, 0.2) is 0 Å². The average Bonchev–Trinajstić information content (AvgIpc) is 2.58. The van der Waals surface area contributed by atoms with Crippen LogP contribution in [0.15, 0.2) is 24.3 Å². The molecule has 6 nitrogen and oxygen atoms in total. The number of ether oxygens (including phenoxy) is 2. The minimum Gasteiger partial charge on any atom is -0.497 e. The average molecular weight is 336 g/mol. The van der Waals surface area contributed by atoms with E-state index in [-0.39, 0.29) is 17.9 Å². The van der Waals surface area contributed by atoms with Crippen LogP contribution in [-0.4, -0.2) is 51.6 Å². The summed E-state index contributed by atoms with van der Waals surface area (Å²) in [6, 6.07) is 7.91. The number of carbonyl (C=O) groups excluding carboxylic acids is 2. The topological polar surface area (TPSA) is 67.9 Å². The molecule has 6 heteroatoms. The minimum absolute atomic E-state index is 0.00499. The smallest absolute Gasteiger partial charge is 0.305 e. The Bertz CT molecular complexity index is 532. The number of rotatable bonds is 10. The summed E-state index contributed by atoms with van der Waals surface area (Å²) in [4.78, 5) is 25.0. The van der Waals surface area contributed by atoms with E-state index in [0.29, 0.717) is 32.2 Å². The minimum atomic E-state index is -0.235. The van der Waals surface area contributed by atoms with Crippen molar-refractivity contribution in [1.29, 1.82) is 0 Å². The van der Waals surface area contributed by atoms with Crippen LogP contribution in [0, 0.1) is 0 Å². The van der Waals surface area contributed by atoms with Crippen molar-refractivity contribution in [1.82, 2.24) is 10.2 Å². The van der Waals surface area contributed by atoms with Gasteiger partial charge in [-0.15, -0.1) is 0 Å². The zero-order valence-electron chi connectivity index (χ0n) is 15.0. The predicted octanol–water partition coefficient (Wildman–Crippen LogP) is 2.15. The number of unbranched alkanes of at least 4 members (excludes halogenated alkanes) is 1. The zero-order valence-corrected chi connectivity index (χ0v) is 15.0. The van der Waals surface area contributed by atoms with Gasteiger partial charge in [0.2, 0.25) is 5.91 Å². The van der Waals surface area contributed by atoms with Gasteiger partial charge in [0.05, 0.1) is 20.3 Å². The van der Waals surface area contributed by atoms with Gasteiger partial charge in [0.1, 0.15) is 5.75 Å². The molecule has 1 aromatic carbocycles. The first kappa shape index (κ1) is 20.0. The Kier molecular flexibility index (Phi) is 8.86. The maximum atomic E-state index is 12.0. The molecule has 1 N–H and O–H groups in total. The molecule has 1 aromatic rings. The first-order valence-corrected chi connectivity index (χ1v) is 8.11. The molecular weight excluding hydrogens is 308 g/mol. The Morgan fingerprint density at radius 1 is 1.17 bits per heavy atom. The number of esters is 1. The van der Waals surface area contributed by atoms with Gasteiger partial charge in [-0.3, -0.25) is 9.59 Å². The lowest BCUT2D eigenvalue weighted by Crippen LogP contribution is -2.34. The van der Waals surface area contributed by atoms with Gasteiger partial charge < -0.3 is 19.7 Å². The second-order valence-corrected chi connectivity index (χ2v) is 5.84. The fraction of sp³-hybridized carbons (Fsp3) is 0.556. The van der Waals surface area contributed by atoms with Gasteiger partial charge in [-0.2, -0.15) is 0 Å². The van der Waals surface area contributed by atoms with Crippen LogP contribution in [0.2, 0.25) is 0 Å². The number of amides is 1. The molecule has 0 unspecified atom stereocenters. The Labute approximate surface area is 144 Å². The van der Waals surface area contributed by atoms with E-state index < -0.39 is 0 Å². The number of carbonyl (C=O) groups is 2. The number of hydrogen-bond donors (Lipinski definition) is 1. The highest BCUT2D eigenvalue weighted by molar-refractivity contribution is 5.76. The van der Waals surface area contributed by atoms with Gasteiger partial charge >= 0.3 is 5.97 Å². The number of hydrogen-bond acceptors (Lipinski definition) is 5. The third-order valence-corrected chi connectivity index (χ3v) is 3.86. The number of methoxy groups -OCH3 is 2. The second kappa shape index (κ2) is 10.6. The number of nitrogens with zero attached hydrogens (tertiary/aromatic N) is 1. The summed E-state index contributed by atoms with van der Waals surface area (Å²) < 4.78 is 9.84. The third kappa shape index (κ3) is 7.00. The fourth-order valence-electron chi connectivity index (χ4n) is 2.40. The van der Waals surface area contributed by atoms with E-state index in [0.717, 1.165) is 11.3 Å². The lowest BCUT2D eigenvalue weighted by atomic mass is 10.1. The van der Waals surface area contributed by atoms with E-state index in [2.05, 4.69) is 15.0 Å². The summed E-state index contributed by atoms with van der Waals surface area (Å²) in [5, 5.41) is 2.96. The Balaban J connectivity index is 2.46. The van der Waals surface area contributed by atoms with Crippen LogP contribution in [0.25, 0.3) is 0 Å². The summed E-state index contributed by atoms with van der Waals surface area (Å²) >= 11 is 0. The molecule has 0 aliphatic rings. The van der Waals surface area contributed by atoms with Crippen LogP contribution in [0.1, 0.15) is 37.3 Å². The molecule has 1 amide bonds. The first-order valence-electron chi connectivity index (χ1n) is 8.11. The van der Waals surface area contributed by atoms with E-state index in [4.69, 9.17) is 4.74 Å². The highest BCUT2D eigenvalue weighted by Crippen LogP contribution is 2.22. The zero-order chi connectivity index (χ0) is 17.9. The largest absolute Gasteiger partial charge is 0.497 e. The van der Waals surface area contributed by atoms with E-state index in [1.54, 1.807) is 7.11 Å². The number of nitrogens with one attached hydrogen (secondary N) is 1. The van der Waals surface area contributed by atoms with Crippen molar-refractivity contribution in [3.05, 3.63) is 29.8 Å². The summed E-state index contributed by atoms with van der Waals surface area (Å²) in [5.41, 5.74) is 1.09. The highest BCUT2D eigenvalue weighted by atomic mass is 16.5. The molecule has 0 bridgehead atoms. The van der Waals surface area contributed by atoms with Crippen molar-refractivity contribution in [3.8, 4) is 5.75 Å². The summed E-state index contributed by atoms with van der Waals surface area (Å²) in [7, 11) is 6.97. The fourth-order valence-corrected chi connectivity index (χ4v) is 2.40. The molecule has 0 radical (unpaired) electrons. The molecule has 0 heterocycles. The van der Waals surface area contributed by atoms with E-state index >= 15 is 0 Å². The van der Waals surface area contributed by atoms with Crippen molar-refractivity contribution in [2.45, 2.75) is 31.7 Å². The Hall–Kier alpha value is -2.08. The molecule has 0 fully saturated rings. The molecule has 0 aliphatic heterocycles. The molecule has 0 spiro atoms. The highest BCUT2D eigenvalue weighted by Gasteiger charge is 2.16. The SMILES string of the molecule is COC(=O)CCCCC(=O)NC[C@H](c1cccc(OC)c1)N(C)C. The third-order valence-electron chi connectivity index (χ3n) is 3.86. The summed E-state index contributed by atoms with van der Waals surface area (Å²) in [6.07, 6.45) is 2.10. The molecule has 1 atom stereocenters. The van der Waals surface area contributed by atoms with Gasteiger partial charge in [0, 0.05) is 19.4 Å². The van der Waals surface area contributed by atoms with Crippen molar-refractivity contribution in [2.24, 2.45) is 0 Å². The van der Waals surface area contributed by atoms with E-state index in [1.165, 1.54) is 7.11 Å². The molecule has 24 heavy (non-hydrogen) atoms. The van der Waals surface area contributed by atoms with Crippen molar-refractivity contribution in [2.75, 3.05) is 34.9 Å².